The van der Waals surface area contributed by atoms with Gasteiger partial charge in [-0.3, -0.25) is 4.79 Å². The number of benzene rings is 1. The lowest BCUT2D eigenvalue weighted by molar-refractivity contribution is -0.274. The molecular formula is C23H31F3N2O2. The normalized spacial score (nSPS) is 11.9. The van der Waals surface area contributed by atoms with E-state index in [9.17, 15) is 18.0 Å². The first kappa shape index (κ1) is 23.8. The molecule has 1 aromatic carbocycles. The van der Waals surface area contributed by atoms with Crippen molar-refractivity contribution in [2.75, 3.05) is 0 Å². The van der Waals surface area contributed by atoms with E-state index < -0.39 is 12.3 Å². The molecule has 0 saturated heterocycles. The number of primary amides is 1. The van der Waals surface area contributed by atoms with Gasteiger partial charge >= 0.3 is 6.36 Å². The number of carbonyl (C=O) groups is 1. The molecule has 166 valence electrons. The van der Waals surface area contributed by atoms with Gasteiger partial charge in [-0.25, -0.2) is 0 Å². The van der Waals surface area contributed by atoms with Gasteiger partial charge in [-0.15, -0.1) is 13.2 Å². The van der Waals surface area contributed by atoms with Crippen LogP contribution in [0.25, 0.3) is 11.1 Å². The number of nitrogens with two attached hydrogens (primary N) is 1. The second-order valence-corrected chi connectivity index (χ2v) is 8.01. The van der Waals surface area contributed by atoms with Crippen LogP contribution in [-0.2, 0) is 13.0 Å². The lowest BCUT2D eigenvalue weighted by atomic mass is 9.97. The third-order valence-corrected chi connectivity index (χ3v) is 5.18. The highest BCUT2D eigenvalue weighted by atomic mass is 19.4. The Morgan fingerprint density at radius 3 is 2.50 bits per heavy atom. The van der Waals surface area contributed by atoms with Gasteiger partial charge < -0.3 is 15.0 Å². The highest BCUT2D eigenvalue weighted by Gasteiger charge is 2.31. The van der Waals surface area contributed by atoms with Crippen LogP contribution >= 0.6 is 0 Å². The fourth-order valence-electron chi connectivity index (χ4n) is 3.75. The standard InChI is InChI=1S/C23H31F3N2O2/c1-5-6-7-11-19-21(17-9-8-10-18(14-17)30-23(24,25)26)20(22(27)29)16(4)28(19)13-12-15(2)3/h8-10,14-15H,5-7,11-13H2,1-4H3,(H2,27,29). The topological polar surface area (TPSA) is 57.2 Å². The number of alkyl halides is 3. The van der Waals surface area contributed by atoms with Crippen molar-refractivity contribution in [3.05, 3.63) is 41.2 Å². The van der Waals surface area contributed by atoms with Crippen LogP contribution in [0.3, 0.4) is 0 Å². The minimum atomic E-state index is -4.78. The fraction of sp³-hybridized carbons (Fsp3) is 0.522. The first-order chi connectivity index (χ1) is 14.0. The Morgan fingerprint density at radius 2 is 1.93 bits per heavy atom. The van der Waals surface area contributed by atoms with Crippen LogP contribution in [-0.4, -0.2) is 16.8 Å². The lowest BCUT2D eigenvalue weighted by Gasteiger charge is -2.15. The maximum atomic E-state index is 12.7. The highest BCUT2D eigenvalue weighted by Crippen LogP contribution is 2.36. The summed E-state index contributed by atoms with van der Waals surface area (Å²) in [6.07, 6.45) is -0.153. The van der Waals surface area contributed by atoms with Crippen LogP contribution in [0, 0.1) is 12.8 Å². The van der Waals surface area contributed by atoms with Crippen LogP contribution in [0.5, 0.6) is 5.75 Å². The third kappa shape index (κ3) is 6.03. The van der Waals surface area contributed by atoms with Gasteiger partial charge in [-0.2, -0.15) is 0 Å². The van der Waals surface area contributed by atoms with Gasteiger partial charge in [-0.05, 0) is 49.8 Å². The second kappa shape index (κ2) is 10.0. The molecule has 1 amide bonds. The number of nitrogens with zero attached hydrogens (tertiary/aromatic N) is 1. The molecule has 7 heteroatoms. The number of aromatic nitrogens is 1. The molecule has 30 heavy (non-hydrogen) atoms. The van der Waals surface area contributed by atoms with Crippen molar-refractivity contribution in [3.8, 4) is 16.9 Å². The molecule has 2 N–H and O–H groups in total. The van der Waals surface area contributed by atoms with Crippen molar-refractivity contribution in [1.29, 1.82) is 0 Å². The lowest BCUT2D eigenvalue weighted by Crippen LogP contribution is -2.17. The zero-order valence-electron chi connectivity index (χ0n) is 18.1. The number of hydrogen-bond acceptors (Lipinski definition) is 2. The summed E-state index contributed by atoms with van der Waals surface area (Å²) < 4.78 is 44.3. The monoisotopic (exact) mass is 424 g/mol. The first-order valence-corrected chi connectivity index (χ1v) is 10.4. The Morgan fingerprint density at radius 1 is 1.23 bits per heavy atom. The molecule has 0 unspecified atom stereocenters. The molecule has 1 heterocycles. The van der Waals surface area contributed by atoms with Gasteiger partial charge in [0.2, 0.25) is 0 Å². The molecule has 0 fully saturated rings. The third-order valence-electron chi connectivity index (χ3n) is 5.18. The fourth-order valence-corrected chi connectivity index (χ4v) is 3.75. The molecule has 0 aliphatic heterocycles. The molecule has 1 aromatic heterocycles. The van der Waals surface area contributed by atoms with E-state index in [1.54, 1.807) is 6.07 Å². The zero-order valence-corrected chi connectivity index (χ0v) is 18.1. The van der Waals surface area contributed by atoms with E-state index in [4.69, 9.17) is 5.73 Å². The SMILES string of the molecule is CCCCCc1c(-c2cccc(OC(F)(F)F)c2)c(C(N)=O)c(C)n1CCC(C)C. The molecule has 0 atom stereocenters. The molecule has 0 aliphatic carbocycles. The Hall–Kier alpha value is -2.44. The van der Waals surface area contributed by atoms with Crippen LogP contribution in [0.15, 0.2) is 24.3 Å². The number of ether oxygens (including phenoxy) is 1. The van der Waals surface area contributed by atoms with E-state index in [0.29, 0.717) is 22.6 Å². The van der Waals surface area contributed by atoms with Gasteiger partial charge in [0.1, 0.15) is 5.75 Å². The summed E-state index contributed by atoms with van der Waals surface area (Å²) in [5.41, 5.74) is 8.91. The summed E-state index contributed by atoms with van der Waals surface area (Å²) in [5, 5.41) is 0. The maximum absolute atomic E-state index is 12.7. The van der Waals surface area contributed by atoms with Crippen molar-refractivity contribution in [3.63, 3.8) is 0 Å². The number of halogens is 3. The number of unbranched alkanes of at least 4 members (excludes halogenated alkanes) is 2. The molecule has 2 rings (SSSR count). The van der Waals surface area contributed by atoms with Crippen molar-refractivity contribution in [2.24, 2.45) is 11.7 Å². The number of hydrogen-bond donors (Lipinski definition) is 1. The number of amides is 1. The predicted octanol–water partition coefficient (Wildman–Crippen LogP) is 6.24. The minimum absolute atomic E-state index is 0.317. The summed E-state index contributed by atoms with van der Waals surface area (Å²) in [6.45, 7) is 8.94. The van der Waals surface area contributed by atoms with Crippen LogP contribution in [0.2, 0.25) is 0 Å². The molecular weight excluding hydrogens is 393 g/mol. The molecule has 0 aliphatic rings. The summed E-state index contributed by atoms with van der Waals surface area (Å²) >= 11 is 0. The molecule has 0 saturated carbocycles. The number of rotatable bonds is 10. The predicted molar refractivity (Wildman–Crippen MR) is 112 cm³/mol. The van der Waals surface area contributed by atoms with Gasteiger partial charge in [0.25, 0.3) is 5.91 Å². The summed E-state index contributed by atoms with van der Waals surface area (Å²) in [5.74, 6) is -0.425. The Bertz CT molecular complexity index is 870. The van der Waals surface area contributed by atoms with Crippen LogP contribution in [0.4, 0.5) is 13.2 Å². The average molecular weight is 425 g/mol. The Kier molecular flexibility index (Phi) is 7.98. The van der Waals surface area contributed by atoms with E-state index in [-0.39, 0.29) is 5.75 Å². The average Bonchev–Trinajstić information content (AvgIpc) is 2.91. The van der Waals surface area contributed by atoms with E-state index in [2.05, 4.69) is 30.1 Å². The highest BCUT2D eigenvalue weighted by molar-refractivity contribution is 6.02. The maximum Gasteiger partial charge on any atom is 0.573 e. The van der Waals surface area contributed by atoms with Crippen molar-refractivity contribution < 1.29 is 22.7 Å². The molecule has 0 spiro atoms. The molecule has 2 aromatic rings. The van der Waals surface area contributed by atoms with Gasteiger partial charge in [0, 0.05) is 23.5 Å². The van der Waals surface area contributed by atoms with E-state index in [0.717, 1.165) is 50.0 Å². The quantitative estimate of drug-likeness (QED) is 0.459. The van der Waals surface area contributed by atoms with Crippen molar-refractivity contribution in [2.45, 2.75) is 72.7 Å². The second-order valence-electron chi connectivity index (χ2n) is 8.01. The van der Waals surface area contributed by atoms with Crippen LogP contribution < -0.4 is 10.5 Å². The molecule has 4 nitrogen and oxygen atoms in total. The summed E-state index contributed by atoms with van der Waals surface area (Å²) in [6, 6.07) is 5.77. The molecule has 0 bridgehead atoms. The van der Waals surface area contributed by atoms with E-state index in [1.807, 2.05) is 6.92 Å². The van der Waals surface area contributed by atoms with Crippen molar-refractivity contribution in [1.82, 2.24) is 4.57 Å². The number of carbonyl (C=O) groups excluding carboxylic acids is 1. The Labute approximate surface area is 176 Å². The smallest absolute Gasteiger partial charge is 0.406 e. The van der Waals surface area contributed by atoms with E-state index >= 15 is 0 Å². The summed E-state index contributed by atoms with van der Waals surface area (Å²) in [7, 11) is 0. The Balaban J connectivity index is 2.64. The van der Waals surface area contributed by atoms with Gasteiger partial charge in [-0.1, -0.05) is 45.7 Å². The largest absolute Gasteiger partial charge is 0.573 e. The van der Waals surface area contributed by atoms with Crippen LogP contribution in [0.1, 0.15) is 68.2 Å². The summed E-state index contributed by atoms with van der Waals surface area (Å²) in [4.78, 5) is 12.4. The van der Waals surface area contributed by atoms with E-state index in [1.165, 1.54) is 18.2 Å². The zero-order chi connectivity index (χ0) is 22.5. The van der Waals surface area contributed by atoms with Crippen molar-refractivity contribution >= 4 is 5.91 Å². The molecule has 0 radical (unpaired) electrons. The first-order valence-electron chi connectivity index (χ1n) is 10.4. The van der Waals surface area contributed by atoms with Gasteiger partial charge in [0.15, 0.2) is 0 Å². The minimum Gasteiger partial charge on any atom is -0.406 e. The van der Waals surface area contributed by atoms with Gasteiger partial charge in [0.05, 0.1) is 5.56 Å².